The summed E-state index contributed by atoms with van der Waals surface area (Å²) in [5.41, 5.74) is -1.01. The van der Waals surface area contributed by atoms with Crippen LogP contribution in [0.2, 0.25) is 0 Å². The van der Waals surface area contributed by atoms with E-state index < -0.39 is 23.5 Å². The topological polar surface area (TPSA) is 29.5 Å². The number of rotatable bonds is 3. The van der Waals surface area contributed by atoms with Crippen LogP contribution in [-0.4, -0.2) is 11.5 Å². The van der Waals surface area contributed by atoms with Crippen LogP contribution in [0.5, 0.6) is 5.75 Å². The van der Waals surface area contributed by atoms with Gasteiger partial charge in [0.25, 0.3) is 0 Å². The second kappa shape index (κ2) is 5.37. The monoisotopic (exact) mass is 300 g/mol. The average Bonchev–Trinajstić information content (AvgIpc) is 2.37. The Morgan fingerprint density at radius 3 is 2.14 bits per heavy atom. The number of aliphatic hydroxyl groups is 1. The maximum Gasteiger partial charge on any atom is 0.573 e. The number of ether oxygens (including phenoxy) is 1. The van der Waals surface area contributed by atoms with Crippen LogP contribution in [0.3, 0.4) is 0 Å². The molecular formula is C15H12F4O2. The van der Waals surface area contributed by atoms with E-state index in [4.69, 9.17) is 0 Å². The van der Waals surface area contributed by atoms with Crippen LogP contribution in [0.25, 0.3) is 0 Å². The lowest BCUT2D eigenvalue weighted by atomic mass is 9.88. The summed E-state index contributed by atoms with van der Waals surface area (Å²) >= 11 is 0. The van der Waals surface area contributed by atoms with E-state index in [1.165, 1.54) is 43.3 Å². The van der Waals surface area contributed by atoms with E-state index in [1.54, 1.807) is 0 Å². The van der Waals surface area contributed by atoms with Crippen molar-refractivity contribution in [1.29, 1.82) is 0 Å². The molecule has 1 atom stereocenters. The summed E-state index contributed by atoms with van der Waals surface area (Å²) in [6.45, 7) is 1.41. The lowest BCUT2D eigenvalue weighted by molar-refractivity contribution is -0.274. The minimum absolute atomic E-state index is 0.204. The molecule has 0 aliphatic heterocycles. The highest BCUT2D eigenvalue weighted by molar-refractivity contribution is 5.39. The van der Waals surface area contributed by atoms with Crippen molar-refractivity contribution >= 4 is 0 Å². The molecule has 0 aliphatic carbocycles. The quantitative estimate of drug-likeness (QED) is 0.869. The lowest BCUT2D eigenvalue weighted by Crippen LogP contribution is -2.23. The summed E-state index contributed by atoms with van der Waals surface area (Å²) in [6, 6.07) is 10.1. The van der Waals surface area contributed by atoms with Crippen LogP contribution in [-0.2, 0) is 5.60 Å². The number of hydrogen-bond acceptors (Lipinski definition) is 2. The Morgan fingerprint density at radius 2 is 1.57 bits per heavy atom. The molecule has 2 aromatic rings. The van der Waals surface area contributed by atoms with Gasteiger partial charge in [-0.25, -0.2) is 4.39 Å². The fourth-order valence-corrected chi connectivity index (χ4v) is 1.94. The first-order chi connectivity index (χ1) is 9.68. The van der Waals surface area contributed by atoms with Crippen molar-refractivity contribution in [3.05, 3.63) is 65.5 Å². The molecule has 0 saturated heterocycles. The van der Waals surface area contributed by atoms with Gasteiger partial charge in [-0.05, 0) is 42.3 Å². The summed E-state index contributed by atoms with van der Waals surface area (Å²) in [5, 5.41) is 10.5. The molecule has 6 heteroatoms. The van der Waals surface area contributed by atoms with Gasteiger partial charge in [0.2, 0.25) is 0 Å². The SMILES string of the molecule is CC(O)(c1ccc(F)cc1)c1cccc(OC(F)(F)F)c1. The molecule has 112 valence electrons. The summed E-state index contributed by atoms with van der Waals surface area (Å²) < 4.78 is 53.4. The molecule has 0 amide bonds. The Bertz CT molecular complexity index is 618. The van der Waals surface area contributed by atoms with Gasteiger partial charge in [-0.1, -0.05) is 24.3 Å². The Balaban J connectivity index is 2.36. The molecule has 2 rings (SSSR count). The summed E-state index contributed by atoms with van der Waals surface area (Å²) in [5.74, 6) is -0.897. The first kappa shape index (κ1) is 15.3. The van der Waals surface area contributed by atoms with E-state index in [0.29, 0.717) is 5.56 Å². The molecule has 0 saturated carbocycles. The molecule has 0 aliphatic rings. The Kier molecular flexibility index (Phi) is 3.91. The van der Waals surface area contributed by atoms with Crippen molar-refractivity contribution in [3.63, 3.8) is 0 Å². The van der Waals surface area contributed by atoms with Gasteiger partial charge in [-0.3, -0.25) is 0 Å². The van der Waals surface area contributed by atoms with Gasteiger partial charge in [-0.15, -0.1) is 13.2 Å². The zero-order valence-electron chi connectivity index (χ0n) is 11.0. The first-order valence-corrected chi connectivity index (χ1v) is 6.03. The maximum atomic E-state index is 12.9. The highest BCUT2D eigenvalue weighted by atomic mass is 19.4. The van der Waals surface area contributed by atoms with Gasteiger partial charge in [0.1, 0.15) is 17.2 Å². The number of hydrogen-bond donors (Lipinski definition) is 1. The second-order valence-corrected chi connectivity index (χ2v) is 4.65. The normalized spacial score (nSPS) is 14.6. The van der Waals surface area contributed by atoms with Crippen molar-refractivity contribution in [1.82, 2.24) is 0 Å². The molecule has 2 aromatic carbocycles. The van der Waals surface area contributed by atoms with Crippen molar-refractivity contribution in [2.45, 2.75) is 18.9 Å². The number of halogens is 4. The first-order valence-electron chi connectivity index (χ1n) is 6.03. The molecule has 2 nitrogen and oxygen atoms in total. The lowest BCUT2D eigenvalue weighted by Gasteiger charge is -2.25. The second-order valence-electron chi connectivity index (χ2n) is 4.65. The van der Waals surface area contributed by atoms with Crippen LogP contribution in [0.4, 0.5) is 17.6 Å². The molecule has 0 heterocycles. The third kappa shape index (κ3) is 3.72. The predicted molar refractivity (Wildman–Crippen MR) is 68.2 cm³/mol. The molecule has 1 N–H and O–H groups in total. The third-order valence-electron chi connectivity index (χ3n) is 3.04. The van der Waals surface area contributed by atoms with E-state index in [2.05, 4.69) is 4.74 Å². The van der Waals surface area contributed by atoms with E-state index in [1.807, 2.05) is 0 Å². The van der Waals surface area contributed by atoms with Gasteiger partial charge < -0.3 is 9.84 Å². The number of benzene rings is 2. The van der Waals surface area contributed by atoms with Crippen LogP contribution >= 0.6 is 0 Å². The Labute approximate surface area is 118 Å². The molecule has 21 heavy (non-hydrogen) atoms. The van der Waals surface area contributed by atoms with Crippen molar-refractivity contribution in [3.8, 4) is 5.75 Å². The number of alkyl halides is 3. The zero-order valence-corrected chi connectivity index (χ0v) is 11.0. The highest BCUT2D eigenvalue weighted by Gasteiger charge is 2.32. The molecule has 0 fully saturated rings. The van der Waals surface area contributed by atoms with Crippen LogP contribution < -0.4 is 4.74 Å². The fourth-order valence-electron chi connectivity index (χ4n) is 1.94. The smallest absolute Gasteiger partial charge is 0.406 e. The average molecular weight is 300 g/mol. The summed E-state index contributed by atoms with van der Waals surface area (Å²) in [4.78, 5) is 0. The zero-order chi connectivity index (χ0) is 15.7. The molecule has 0 aromatic heterocycles. The molecule has 1 unspecified atom stereocenters. The summed E-state index contributed by atoms with van der Waals surface area (Å²) in [7, 11) is 0. The Hall–Kier alpha value is -2.08. The molecule has 0 spiro atoms. The van der Waals surface area contributed by atoms with Gasteiger partial charge in [0.15, 0.2) is 0 Å². The minimum Gasteiger partial charge on any atom is -0.406 e. The van der Waals surface area contributed by atoms with Crippen LogP contribution in [0.15, 0.2) is 48.5 Å². The fraction of sp³-hybridized carbons (Fsp3) is 0.200. The third-order valence-corrected chi connectivity index (χ3v) is 3.04. The summed E-state index contributed by atoms with van der Waals surface area (Å²) in [6.07, 6.45) is -4.81. The molecular weight excluding hydrogens is 288 g/mol. The minimum atomic E-state index is -4.81. The highest BCUT2D eigenvalue weighted by Crippen LogP contribution is 2.32. The van der Waals surface area contributed by atoms with Gasteiger partial charge in [0, 0.05) is 0 Å². The van der Waals surface area contributed by atoms with Crippen molar-refractivity contribution < 1.29 is 27.4 Å². The van der Waals surface area contributed by atoms with E-state index >= 15 is 0 Å². The van der Waals surface area contributed by atoms with E-state index in [0.717, 1.165) is 12.1 Å². The van der Waals surface area contributed by atoms with Crippen LogP contribution in [0, 0.1) is 5.82 Å². The standard InChI is InChI=1S/C15H12F4O2/c1-14(20,10-5-7-12(16)8-6-10)11-3-2-4-13(9-11)21-15(17,18)19/h2-9,20H,1H3. The van der Waals surface area contributed by atoms with Crippen molar-refractivity contribution in [2.75, 3.05) is 0 Å². The van der Waals surface area contributed by atoms with Gasteiger partial charge in [0.05, 0.1) is 0 Å². The van der Waals surface area contributed by atoms with Gasteiger partial charge >= 0.3 is 6.36 Å². The van der Waals surface area contributed by atoms with E-state index in [-0.39, 0.29) is 5.56 Å². The van der Waals surface area contributed by atoms with Crippen LogP contribution in [0.1, 0.15) is 18.1 Å². The van der Waals surface area contributed by atoms with Gasteiger partial charge in [-0.2, -0.15) is 0 Å². The maximum absolute atomic E-state index is 12.9. The van der Waals surface area contributed by atoms with Crippen molar-refractivity contribution in [2.24, 2.45) is 0 Å². The molecule has 0 bridgehead atoms. The predicted octanol–water partition coefficient (Wildman–Crippen LogP) is 3.98. The van der Waals surface area contributed by atoms with E-state index in [9.17, 15) is 22.7 Å². The largest absolute Gasteiger partial charge is 0.573 e. The molecule has 0 radical (unpaired) electrons. The Morgan fingerprint density at radius 1 is 0.952 bits per heavy atom.